The summed E-state index contributed by atoms with van der Waals surface area (Å²) < 4.78 is 5.75. The molecule has 20 heavy (non-hydrogen) atoms. The number of hydrogen-bond acceptors (Lipinski definition) is 3. The van der Waals surface area contributed by atoms with Crippen molar-refractivity contribution < 1.29 is 4.74 Å². The van der Waals surface area contributed by atoms with Gasteiger partial charge in [0.2, 0.25) is 0 Å². The van der Waals surface area contributed by atoms with Crippen LogP contribution < -0.4 is 10.5 Å². The fourth-order valence-corrected chi connectivity index (χ4v) is 2.36. The molecule has 0 radical (unpaired) electrons. The van der Waals surface area contributed by atoms with Gasteiger partial charge in [-0.3, -0.25) is 0 Å². The molecule has 2 rings (SSSR count). The Bertz CT molecular complexity index is 384. The molecule has 0 aromatic heterocycles. The van der Waals surface area contributed by atoms with Crippen LogP contribution in [0.2, 0.25) is 0 Å². The van der Waals surface area contributed by atoms with Crippen molar-refractivity contribution in [3.05, 3.63) is 24.3 Å². The van der Waals surface area contributed by atoms with Crippen LogP contribution in [0.3, 0.4) is 0 Å². The molecule has 1 aliphatic rings. The van der Waals surface area contributed by atoms with Crippen molar-refractivity contribution in [2.45, 2.75) is 45.6 Å². The van der Waals surface area contributed by atoms with Crippen LogP contribution in [0, 0.1) is 5.92 Å². The van der Waals surface area contributed by atoms with Crippen molar-refractivity contribution in [3.8, 4) is 5.75 Å². The van der Waals surface area contributed by atoms with E-state index in [0.29, 0.717) is 0 Å². The molecule has 0 spiro atoms. The summed E-state index contributed by atoms with van der Waals surface area (Å²) >= 11 is 0. The van der Waals surface area contributed by atoms with Gasteiger partial charge in [-0.1, -0.05) is 13.8 Å². The molecule has 112 valence electrons. The van der Waals surface area contributed by atoms with Crippen LogP contribution in [-0.2, 0) is 0 Å². The first kappa shape index (κ1) is 15.2. The lowest BCUT2D eigenvalue weighted by Gasteiger charge is -2.22. The Morgan fingerprint density at radius 2 is 1.90 bits per heavy atom. The van der Waals surface area contributed by atoms with Crippen molar-refractivity contribution in [1.29, 1.82) is 0 Å². The largest absolute Gasteiger partial charge is 0.494 e. The number of nitrogens with two attached hydrogens (primary N) is 1. The van der Waals surface area contributed by atoms with Crippen LogP contribution in [0.1, 0.15) is 39.5 Å². The van der Waals surface area contributed by atoms with Crippen LogP contribution in [0.25, 0.3) is 0 Å². The van der Waals surface area contributed by atoms with E-state index in [9.17, 15) is 0 Å². The molecule has 3 heteroatoms. The first-order valence-corrected chi connectivity index (χ1v) is 7.87. The third kappa shape index (κ3) is 5.41. The Morgan fingerprint density at radius 1 is 1.20 bits per heavy atom. The van der Waals surface area contributed by atoms with E-state index in [1.807, 2.05) is 24.3 Å². The molecule has 0 atom stereocenters. The van der Waals surface area contributed by atoms with Gasteiger partial charge in [-0.25, -0.2) is 0 Å². The predicted molar refractivity (Wildman–Crippen MR) is 85.0 cm³/mol. The van der Waals surface area contributed by atoms with E-state index in [-0.39, 0.29) is 0 Å². The van der Waals surface area contributed by atoms with Gasteiger partial charge in [0.25, 0.3) is 0 Å². The van der Waals surface area contributed by atoms with Gasteiger partial charge < -0.3 is 15.4 Å². The van der Waals surface area contributed by atoms with Gasteiger partial charge in [0.05, 0.1) is 6.61 Å². The summed E-state index contributed by atoms with van der Waals surface area (Å²) in [5, 5.41) is 0. The molecular formula is C17H28N2O. The first-order chi connectivity index (χ1) is 9.65. The lowest BCUT2D eigenvalue weighted by Crippen LogP contribution is -2.30. The van der Waals surface area contributed by atoms with Crippen molar-refractivity contribution in [3.63, 3.8) is 0 Å². The van der Waals surface area contributed by atoms with Crippen LogP contribution >= 0.6 is 0 Å². The summed E-state index contributed by atoms with van der Waals surface area (Å²) in [6, 6.07) is 8.49. The third-order valence-corrected chi connectivity index (χ3v) is 3.80. The summed E-state index contributed by atoms with van der Waals surface area (Å²) in [6.45, 7) is 7.79. The minimum Gasteiger partial charge on any atom is -0.494 e. The number of benzene rings is 1. The van der Waals surface area contributed by atoms with Crippen LogP contribution in [0.5, 0.6) is 5.75 Å². The van der Waals surface area contributed by atoms with Gasteiger partial charge in [-0.05, 0) is 62.4 Å². The molecule has 1 aromatic carbocycles. The first-order valence-electron chi connectivity index (χ1n) is 7.87. The van der Waals surface area contributed by atoms with Crippen molar-refractivity contribution in [2.75, 3.05) is 25.4 Å². The maximum atomic E-state index is 5.75. The predicted octanol–water partition coefficient (Wildman–Crippen LogP) is 3.55. The van der Waals surface area contributed by atoms with E-state index >= 15 is 0 Å². The second-order valence-corrected chi connectivity index (χ2v) is 6.22. The van der Waals surface area contributed by atoms with Crippen LogP contribution in [0.15, 0.2) is 24.3 Å². The minimum absolute atomic E-state index is 0.783. The van der Waals surface area contributed by atoms with Gasteiger partial charge in [0.1, 0.15) is 5.75 Å². The van der Waals surface area contributed by atoms with E-state index in [1.54, 1.807) is 0 Å². The highest BCUT2D eigenvalue weighted by atomic mass is 16.5. The highest BCUT2D eigenvalue weighted by Gasteiger charge is 2.28. The zero-order valence-electron chi connectivity index (χ0n) is 12.8. The van der Waals surface area contributed by atoms with Crippen molar-refractivity contribution >= 4 is 5.69 Å². The number of nitrogen functional groups attached to an aromatic ring is 1. The Kier molecular flexibility index (Phi) is 5.72. The Balaban J connectivity index is 1.64. The lowest BCUT2D eigenvalue weighted by atomic mass is 10.1. The highest BCUT2D eigenvalue weighted by molar-refractivity contribution is 5.41. The normalized spacial score (nSPS) is 15.0. The van der Waals surface area contributed by atoms with Crippen molar-refractivity contribution in [1.82, 2.24) is 4.90 Å². The van der Waals surface area contributed by atoms with Crippen LogP contribution in [-0.4, -0.2) is 30.6 Å². The lowest BCUT2D eigenvalue weighted by molar-refractivity contribution is 0.217. The quantitative estimate of drug-likeness (QED) is 0.554. The SMILES string of the molecule is CC(C)CCN(CCCOc1ccc(N)cc1)C1CC1. The van der Waals surface area contributed by atoms with E-state index in [1.165, 1.54) is 25.8 Å². The fraction of sp³-hybridized carbons (Fsp3) is 0.647. The average Bonchev–Trinajstić information content (AvgIpc) is 3.24. The maximum Gasteiger partial charge on any atom is 0.119 e. The van der Waals surface area contributed by atoms with E-state index in [0.717, 1.165) is 43.0 Å². The Hall–Kier alpha value is -1.22. The molecule has 0 amide bonds. The zero-order chi connectivity index (χ0) is 14.4. The minimum atomic E-state index is 0.783. The molecule has 0 aliphatic heterocycles. The number of nitrogens with zero attached hydrogens (tertiary/aromatic N) is 1. The monoisotopic (exact) mass is 276 g/mol. The molecule has 0 heterocycles. The number of rotatable bonds is 9. The Labute approximate surface area is 123 Å². The molecule has 2 N–H and O–H groups in total. The summed E-state index contributed by atoms with van der Waals surface area (Å²) in [5.41, 5.74) is 6.44. The molecule has 1 fully saturated rings. The summed E-state index contributed by atoms with van der Waals surface area (Å²) in [7, 11) is 0. The maximum absolute atomic E-state index is 5.75. The molecule has 1 aromatic rings. The molecular weight excluding hydrogens is 248 g/mol. The fourth-order valence-electron chi connectivity index (χ4n) is 2.36. The molecule has 1 aliphatic carbocycles. The van der Waals surface area contributed by atoms with Gasteiger partial charge in [0.15, 0.2) is 0 Å². The average molecular weight is 276 g/mol. The number of anilines is 1. The zero-order valence-corrected chi connectivity index (χ0v) is 12.8. The van der Waals surface area contributed by atoms with E-state index in [4.69, 9.17) is 10.5 Å². The standard InChI is InChI=1S/C17H28N2O/c1-14(2)10-12-19(16-6-7-16)11-3-13-20-17-8-4-15(18)5-9-17/h4-5,8-9,14,16H,3,6-7,10-13,18H2,1-2H3. The molecule has 0 saturated heterocycles. The van der Waals surface area contributed by atoms with E-state index < -0.39 is 0 Å². The van der Waals surface area contributed by atoms with Crippen LogP contribution in [0.4, 0.5) is 5.69 Å². The molecule has 0 bridgehead atoms. The Morgan fingerprint density at radius 3 is 2.50 bits per heavy atom. The second kappa shape index (κ2) is 7.53. The molecule has 1 saturated carbocycles. The van der Waals surface area contributed by atoms with Crippen molar-refractivity contribution in [2.24, 2.45) is 5.92 Å². The summed E-state index contributed by atoms with van der Waals surface area (Å²) in [4.78, 5) is 2.65. The summed E-state index contributed by atoms with van der Waals surface area (Å²) in [6.07, 6.45) is 5.17. The smallest absolute Gasteiger partial charge is 0.119 e. The molecule has 0 unspecified atom stereocenters. The molecule has 3 nitrogen and oxygen atoms in total. The van der Waals surface area contributed by atoms with Gasteiger partial charge in [-0.15, -0.1) is 0 Å². The number of hydrogen-bond donors (Lipinski definition) is 1. The summed E-state index contributed by atoms with van der Waals surface area (Å²) in [5.74, 6) is 1.71. The third-order valence-electron chi connectivity index (χ3n) is 3.80. The topological polar surface area (TPSA) is 38.5 Å². The number of ether oxygens (including phenoxy) is 1. The van der Waals surface area contributed by atoms with Gasteiger partial charge in [0, 0.05) is 18.3 Å². The van der Waals surface area contributed by atoms with Gasteiger partial charge in [-0.2, -0.15) is 0 Å². The van der Waals surface area contributed by atoms with E-state index in [2.05, 4.69) is 18.7 Å². The van der Waals surface area contributed by atoms with Gasteiger partial charge >= 0.3 is 0 Å². The highest BCUT2D eigenvalue weighted by Crippen LogP contribution is 2.27. The second-order valence-electron chi connectivity index (χ2n) is 6.22.